The van der Waals surface area contributed by atoms with Gasteiger partial charge in [0.25, 0.3) is 5.91 Å². The van der Waals surface area contributed by atoms with E-state index in [0.29, 0.717) is 16.8 Å². The molecule has 0 aliphatic rings. The number of halogens is 3. The molecule has 1 unspecified atom stereocenters. The lowest BCUT2D eigenvalue weighted by Crippen LogP contribution is -2.31. The number of hydrogen-bond acceptors (Lipinski definition) is 5. The lowest BCUT2D eigenvalue weighted by atomic mass is 9.98. The average molecular weight is 604 g/mol. The van der Waals surface area contributed by atoms with Crippen LogP contribution in [0.3, 0.4) is 0 Å². The fourth-order valence-corrected chi connectivity index (χ4v) is 5.23. The third-order valence-electron chi connectivity index (χ3n) is 6.68. The summed E-state index contributed by atoms with van der Waals surface area (Å²) in [7, 11) is -3.02. The minimum atomic E-state index is -4.64. The topological polar surface area (TPSA) is 128 Å². The van der Waals surface area contributed by atoms with Gasteiger partial charge in [-0.15, -0.1) is 0 Å². The summed E-state index contributed by atoms with van der Waals surface area (Å²) < 4.78 is 56.7. The molecule has 3 aromatic carbocycles. The highest BCUT2D eigenvalue weighted by molar-refractivity contribution is 7.98. The molecule has 8 nitrogen and oxygen atoms in total. The van der Waals surface area contributed by atoms with E-state index in [1.807, 2.05) is 6.07 Å². The van der Waals surface area contributed by atoms with Crippen LogP contribution in [-0.2, 0) is 29.0 Å². The second-order valence-electron chi connectivity index (χ2n) is 9.56. The molecule has 4 rings (SSSR count). The van der Waals surface area contributed by atoms with Crippen LogP contribution >= 0.6 is 0 Å². The number of nitrogens with one attached hydrogen (secondary N) is 2. The number of pyridine rings is 1. The predicted octanol–water partition coefficient (Wildman–Crippen LogP) is 4.75. The zero-order valence-electron chi connectivity index (χ0n) is 22.7. The van der Waals surface area contributed by atoms with E-state index in [9.17, 15) is 27.0 Å². The van der Waals surface area contributed by atoms with E-state index in [1.165, 1.54) is 30.5 Å². The van der Waals surface area contributed by atoms with Gasteiger partial charge in [0.1, 0.15) is 5.56 Å². The van der Waals surface area contributed by atoms with Crippen molar-refractivity contribution in [1.29, 1.82) is 10.5 Å². The Morgan fingerprint density at radius 2 is 1.67 bits per heavy atom. The Balaban J connectivity index is 1.72. The zero-order chi connectivity index (χ0) is 31.4. The van der Waals surface area contributed by atoms with E-state index in [2.05, 4.69) is 15.9 Å². The van der Waals surface area contributed by atoms with Crippen LogP contribution in [0.15, 0.2) is 88.7 Å². The first kappa shape index (κ1) is 30.6. The molecule has 1 atom stereocenters. The van der Waals surface area contributed by atoms with Crippen molar-refractivity contribution in [1.82, 2.24) is 14.6 Å². The second kappa shape index (κ2) is 12.3. The Labute approximate surface area is 245 Å². The summed E-state index contributed by atoms with van der Waals surface area (Å²) in [5.74, 6) is 2.75. The normalized spacial score (nSPS) is 12.4. The minimum absolute atomic E-state index is 0.0129. The summed E-state index contributed by atoms with van der Waals surface area (Å²) >= 11 is 0. The Morgan fingerprint density at radius 3 is 2.28 bits per heavy atom. The van der Waals surface area contributed by atoms with E-state index in [0.717, 1.165) is 17.7 Å². The lowest BCUT2D eigenvalue weighted by Gasteiger charge is -2.18. The standard InChI is InChI=1S/C31H24F3N5O3S/c1-20-28(24-4-3-5-25(14-24)31(32,33)34)29(40)27(18-39(20)17-23-8-6-21(15-35)7-9-23)30(41)37-16-22-10-12-26(13-11-22)43(2,42)38-19-36/h3-14,18H,2,16-17H2,1H3,(H,37,41)(H,38,42). The first-order valence-electron chi connectivity index (χ1n) is 12.6. The molecule has 43 heavy (non-hydrogen) atoms. The lowest BCUT2D eigenvalue weighted by molar-refractivity contribution is -0.137. The van der Waals surface area contributed by atoms with E-state index in [-0.39, 0.29) is 34.7 Å². The largest absolute Gasteiger partial charge is 0.416 e. The number of carbonyl (C=O) groups excluding carboxylic acids is 1. The molecular formula is C31H24F3N5O3S. The number of alkyl halides is 3. The SMILES string of the molecule is C=S(=O)(NC#N)c1ccc(CNC(=O)c2cn(Cc3ccc(C#N)cc3)c(C)c(-c3cccc(C(F)(F)F)c3)c2=O)cc1. The van der Waals surface area contributed by atoms with Crippen LogP contribution in [-0.4, -0.2) is 20.6 Å². The van der Waals surface area contributed by atoms with Gasteiger partial charge < -0.3 is 9.88 Å². The van der Waals surface area contributed by atoms with E-state index in [1.54, 1.807) is 54.1 Å². The Hall–Kier alpha value is -5.33. The van der Waals surface area contributed by atoms with Crippen molar-refractivity contribution in [2.75, 3.05) is 0 Å². The molecule has 0 radical (unpaired) electrons. The second-order valence-corrected chi connectivity index (χ2v) is 11.6. The minimum Gasteiger partial charge on any atom is -0.348 e. The maximum atomic E-state index is 13.6. The molecule has 1 amide bonds. The van der Waals surface area contributed by atoms with Crippen molar-refractivity contribution >= 4 is 21.5 Å². The third-order valence-corrected chi connectivity index (χ3v) is 8.13. The fourth-order valence-electron chi connectivity index (χ4n) is 4.39. The molecule has 2 N–H and O–H groups in total. The molecule has 0 saturated carbocycles. The Morgan fingerprint density at radius 1 is 1.02 bits per heavy atom. The van der Waals surface area contributed by atoms with Crippen molar-refractivity contribution in [2.24, 2.45) is 0 Å². The first-order valence-corrected chi connectivity index (χ1v) is 14.4. The molecular weight excluding hydrogens is 579 g/mol. The molecule has 0 aliphatic carbocycles. The summed E-state index contributed by atoms with van der Waals surface area (Å²) in [6, 6.07) is 19.2. The van der Waals surface area contributed by atoms with Gasteiger partial charge in [-0.25, -0.2) is 8.93 Å². The first-order chi connectivity index (χ1) is 20.3. The fraction of sp³-hybridized carbons (Fsp3) is 0.129. The molecule has 218 valence electrons. The monoisotopic (exact) mass is 603 g/mol. The van der Waals surface area contributed by atoms with Gasteiger partial charge in [0.15, 0.2) is 6.19 Å². The van der Waals surface area contributed by atoms with E-state index >= 15 is 0 Å². The number of carbonyl (C=O) groups is 1. The van der Waals surface area contributed by atoms with E-state index in [4.69, 9.17) is 10.5 Å². The number of aromatic nitrogens is 1. The van der Waals surface area contributed by atoms with Crippen LogP contribution in [0.5, 0.6) is 0 Å². The number of amides is 1. The molecule has 12 heteroatoms. The van der Waals surface area contributed by atoms with E-state index < -0.39 is 32.8 Å². The van der Waals surface area contributed by atoms with Crippen LogP contribution in [0.4, 0.5) is 13.2 Å². The van der Waals surface area contributed by atoms with Gasteiger partial charge in [-0.2, -0.15) is 23.7 Å². The summed E-state index contributed by atoms with van der Waals surface area (Å²) in [6.45, 7) is 1.74. The number of nitriles is 2. The number of nitrogens with zero attached hydrogens (tertiary/aromatic N) is 3. The molecule has 0 saturated heterocycles. The van der Waals surface area contributed by atoms with Gasteiger partial charge in [0.2, 0.25) is 5.43 Å². The van der Waals surface area contributed by atoms with Gasteiger partial charge in [0, 0.05) is 30.5 Å². The molecule has 0 spiro atoms. The van der Waals surface area contributed by atoms with Gasteiger partial charge in [-0.3, -0.25) is 9.59 Å². The number of hydrogen-bond donors (Lipinski definition) is 2. The Kier molecular flexibility index (Phi) is 8.74. The molecule has 4 aromatic rings. The number of benzene rings is 3. The highest BCUT2D eigenvalue weighted by Gasteiger charge is 2.31. The van der Waals surface area contributed by atoms with Gasteiger partial charge in [0.05, 0.1) is 31.8 Å². The van der Waals surface area contributed by atoms with Crippen LogP contribution in [0.1, 0.15) is 38.3 Å². The van der Waals surface area contributed by atoms with Crippen molar-refractivity contribution in [3.05, 3.63) is 123 Å². The molecule has 1 aromatic heterocycles. The summed E-state index contributed by atoms with van der Waals surface area (Å²) in [5, 5.41) is 20.5. The van der Waals surface area contributed by atoms with Gasteiger partial charge >= 0.3 is 6.18 Å². The van der Waals surface area contributed by atoms with Crippen LogP contribution in [0.25, 0.3) is 11.1 Å². The summed E-state index contributed by atoms with van der Waals surface area (Å²) in [6.07, 6.45) is -1.68. The van der Waals surface area contributed by atoms with Crippen LogP contribution in [0, 0.1) is 29.7 Å². The predicted molar refractivity (Wildman–Crippen MR) is 156 cm³/mol. The van der Waals surface area contributed by atoms with Gasteiger partial charge in [-0.1, -0.05) is 36.4 Å². The van der Waals surface area contributed by atoms with Crippen molar-refractivity contribution in [3.63, 3.8) is 0 Å². The smallest absolute Gasteiger partial charge is 0.348 e. The maximum Gasteiger partial charge on any atom is 0.416 e. The van der Waals surface area contributed by atoms with Crippen LogP contribution < -0.4 is 15.5 Å². The van der Waals surface area contributed by atoms with Crippen molar-refractivity contribution in [2.45, 2.75) is 31.1 Å². The summed E-state index contributed by atoms with van der Waals surface area (Å²) in [4.78, 5) is 27.2. The van der Waals surface area contributed by atoms with Crippen molar-refractivity contribution in [3.8, 4) is 23.4 Å². The quantitative estimate of drug-likeness (QED) is 0.171. The zero-order valence-corrected chi connectivity index (χ0v) is 23.6. The van der Waals surface area contributed by atoms with Crippen LogP contribution in [0.2, 0.25) is 0 Å². The number of rotatable bonds is 8. The van der Waals surface area contributed by atoms with Crippen molar-refractivity contribution < 1.29 is 22.2 Å². The highest BCUT2D eigenvalue weighted by Crippen LogP contribution is 2.32. The molecule has 0 fully saturated rings. The Bertz CT molecular complexity index is 1940. The third kappa shape index (κ3) is 6.94. The maximum absolute atomic E-state index is 13.6. The molecule has 1 heterocycles. The highest BCUT2D eigenvalue weighted by atomic mass is 32.2. The average Bonchev–Trinajstić information content (AvgIpc) is 2.97. The molecule has 0 bridgehead atoms. The summed E-state index contributed by atoms with van der Waals surface area (Å²) in [5.41, 5.74) is 0.137. The van der Waals surface area contributed by atoms with Gasteiger partial charge in [-0.05, 0) is 65.9 Å². The molecule has 0 aliphatic heterocycles.